The first-order valence-electron chi connectivity index (χ1n) is 6.35. The van der Waals surface area contributed by atoms with Gasteiger partial charge in [0.1, 0.15) is 0 Å². The van der Waals surface area contributed by atoms with Crippen LogP contribution in [0, 0.1) is 6.92 Å². The molecule has 0 amide bonds. The van der Waals surface area contributed by atoms with Crippen molar-refractivity contribution in [3.8, 4) is 0 Å². The van der Waals surface area contributed by atoms with Crippen LogP contribution < -0.4 is 5.32 Å². The normalized spacial score (nSPS) is 12.9. The molecule has 1 atom stereocenters. The van der Waals surface area contributed by atoms with Crippen LogP contribution in [0.4, 0.5) is 0 Å². The topological polar surface area (TPSA) is 47.7 Å². The Morgan fingerprint density at radius 2 is 2.11 bits per heavy atom. The van der Waals surface area contributed by atoms with Gasteiger partial charge in [0.05, 0.1) is 12.4 Å². The lowest BCUT2D eigenvalue weighted by Crippen LogP contribution is -2.18. The molecule has 0 saturated heterocycles. The molecule has 0 aromatic carbocycles. The Bertz CT molecular complexity index is 511. The van der Waals surface area contributed by atoms with E-state index >= 15 is 0 Å². The fourth-order valence-corrected chi connectivity index (χ4v) is 2.15. The minimum atomic E-state index is 0.297. The van der Waals surface area contributed by atoms with Crippen LogP contribution in [0.2, 0.25) is 0 Å². The second-order valence-electron chi connectivity index (χ2n) is 4.63. The molecule has 0 spiro atoms. The van der Waals surface area contributed by atoms with Crippen molar-refractivity contribution in [2.45, 2.75) is 39.9 Å². The summed E-state index contributed by atoms with van der Waals surface area (Å²) in [6.07, 6.45) is 5.88. The molecule has 2 heterocycles. The van der Waals surface area contributed by atoms with Crippen LogP contribution in [0.25, 0.3) is 0 Å². The van der Waals surface area contributed by atoms with Gasteiger partial charge in [-0.25, -0.2) is 0 Å². The summed E-state index contributed by atoms with van der Waals surface area (Å²) in [5.41, 5.74) is 3.70. The van der Waals surface area contributed by atoms with Crippen molar-refractivity contribution in [2.24, 2.45) is 7.05 Å². The lowest BCUT2D eigenvalue weighted by atomic mass is 10.1. The molecule has 5 heteroatoms. The zero-order valence-electron chi connectivity index (χ0n) is 11.5. The lowest BCUT2D eigenvalue weighted by molar-refractivity contribution is 0.567. The van der Waals surface area contributed by atoms with E-state index in [0.29, 0.717) is 6.04 Å². The number of rotatable bonds is 5. The molecule has 2 rings (SSSR count). The summed E-state index contributed by atoms with van der Waals surface area (Å²) in [5, 5.41) is 12.0. The van der Waals surface area contributed by atoms with E-state index in [-0.39, 0.29) is 0 Å². The Balaban J connectivity index is 1.99. The largest absolute Gasteiger partial charge is 0.306 e. The minimum absolute atomic E-state index is 0.297. The van der Waals surface area contributed by atoms with Crippen molar-refractivity contribution in [2.75, 3.05) is 0 Å². The molecule has 0 saturated carbocycles. The number of nitrogens with zero attached hydrogens (tertiary/aromatic N) is 4. The van der Waals surface area contributed by atoms with Crippen LogP contribution >= 0.6 is 0 Å². The fraction of sp³-hybridized carbons (Fsp3) is 0.538. The second-order valence-corrected chi connectivity index (χ2v) is 4.63. The molecule has 0 radical (unpaired) electrons. The highest BCUT2D eigenvalue weighted by atomic mass is 15.3. The van der Waals surface area contributed by atoms with E-state index in [0.717, 1.165) is 13.1 Å². The number of aromatic nitrogens is 4. The van der Waals surface area contributed by atoms with Crippen molar-refractivity contribution in [1.82, 2.24) is 24.9 Å². The summed E-state index contributed by atoms with van der Waals surface area (Å²) >= 11 is 0. The van der Waals surface area contributed by atoms with Crippen molar-refractivity contribution < 1.29 is 0 Å². The van der Waals surface area contributed by atoms with Crippen molar-refractivity contribution in [1.29, 1.82) is 0 Å². The third-order valence-electron chi connectivity index (χ3n) is 3.28. The molecule has 0 aliphatic carbocycles. The van der Waals surface area contributed by atoms with Gasteiger partial charge in [0, 0.05) is 49.2 Å². The van der Waals surface area contributed by atoms with E-state index in [4.69, 9.17) is 0 Å². The maximum Gasteiger partial charge on any atom is 0.0540 e. The predicted molar refractivity (Wildman–Crippen MR) is 71.1 cm³/mol. The number of nitrogens with one attached hydrogen (secondary N) is 1. The lowest BCUT2D eigenvalue weighted by Gasteiger charge is -2.13. The second kappa shape index (κ2) is 5.35. The zero-order valence-corrected chi connectivity index (χ0v) is 11.5. The van der Waals surface area contributed by atoms with Gasteiger partial charge in [-0.05, 0) is 20.8 Å². The highest BCUT2D eigenvalue weighted by Gasteiger charge is 2.12. The SMILES string of the molecule is CCn1ncc(C(C)NCc2cnn(C)c2)c1C. The summed E-state index contributed by atoms with van der Waals surface area (Å²) in [6, 6.07) is 0.297. The molecular weight excluding hydrogens is 226 g/mol. The average Bonchev–Trinajstić information content (AvgIpc) is 2.92. The van der Waals surface area contributed by atoms with Gasteiger partial charge in [-0.2, -0.15) is 10.2 Å². The predicted octanol–water partition coefficient (Wildman–Crippen LogP) is 1.80. The van der Waals surface area contributed by atoms with Crippen molar-refractivity contribution in [3.05, 3.63) is 35.4 Å². The number of hydrogen-bond acceptors (Lipinski definition) is 3. The Labute approximate surface area is 108 Å². The average molecular weight is 247 g/mol. The zero-order chi connectivity index (χ0) is 13.1. The third-order valence-corrected chi connectivity index (χ3v) is 3.28. The van der Waals surface area contributed by atoms with E-state index < -0.39 is 0 Å². The summed E-state index contributed by atoms with van der Waals surface area (Å²) in [7, 11) is 1.93. The first-order chi connectivity index (χ1) is 8.61. The molecule has 2 aromatic rings. The van der Waals surface area contributed by atoms with Crippen molar-refractivity contribution >= 4 is 0 Å². The van der Waals surface area contributed by atoms with Crippen LogP contribution in [-0.2, 0) is 20.1 Å². The van der Waals surface area contributed by atoms with Crippen LogP contribution in [0.15, 0.2) is 18.6 Å². The van der Waals surface area contributed by atoms with Crippen LogP contribution in [0.3, 0.4) is 0 Å². The number of hydrogen-bond donors (Lipinski definition) is 1. The maximum atomic E-state index is 4.37. The summed E-state index contributed by atoms with van der Waals surface area (Å²) < 4.78 is 3.85. The molecule has 0 fully saturated rings. The van der Waals surface area contributed by atoms with Crippen LogP contribution in [-0.4, -0.2) is 19.6 Å². The molecule has 5 nitrogen and oxygen atoms in total. The van der Waals surface area contributed by atoms with Gasteiger partial charge in [-0.3, -0.25) is 9.36 Å². The molecule has 0 aliphatic rings. The maximum absolute atomic E-state index is 4.37. The minimum Gasteiger partial charge on any atom is -0.306 e. The Morgan fingerprint density at radius 3 is 2.67 bits per heavy atom. The summed E-state index contributed by atoms with van der Waals surface area (Å²) in [5.74, 6) is 0. The van der Waals surface area contributed by atoms with E-state index in [1.807, 2.05) is 35.0 Å². The van der Waals surface area contributed by atoms with Gasteiger partial charge < -0.3 is 5.32 Å². The first kappa shape index (κ1) is 12.8. The Hall–Kier alpha value is -1.62. The molecule has 98 valence electrons. The molecule has 2 aromatic heterocycles. The van der Waals surface area contributed by atoms with Crippen LogP contribution in [0.5, 0.6) is 0 Å². The highest BCUT2D eigenvalue weighted by Crippen LogP contribution is 2.17. The summed E-state index contributed by atoms with van der Waals surface area (Å²) in [6.45, 7) is 8.14. The van der Waals surface area contributed by atoms with Gasteiger partial charge in [-0.1, -0.05) is 0 Å². The highest BCUT2D eigenvalue weighted by molar-refractivity contribution is 5.20. The first-order valence-corrected chi connectivity index (χ1v) is 6.35. The van der Waals surface area contributed by atoms with E-state index in [1.165, 1.54) is 16.8 Å². The van der Waals surface area contributed by atoms with E-state index in [9.17, 15) is 0 Å². The molecule has 1 N–H and O–H groups in total. The fourth-order valence-electron chi connectivity index (χ4n) is 2.15. The monoisotopic (exact) mass is 247 g/mol. The van der Waals surface area contributed by atoms with Gasteiger partial charge >= 0.3 is 0 Å². The smallest absolute Gasteiger partial charge is 0.0540 e. The molecule has 1 unspecified atom stereocenters. The quantitative estimate of drug-likeness (QED) is 0.876. The van der Waals surface area contributed by atoms with E-state index in [2.05, 4.69) is 36.3 Å². The van der Waals surface area contributed by atoms with E-state index in [1.54, 1.807) is 0 Å². The molecular formula is C13H21N5. The van der Waals surface area contributed by atoms with Gasteiger partial charge in [-0.15, -0.1) is 0 Å². The Morgan fingerprint density at radius 1 is 1.33 bits per heavy atom. The molecule has 0 bridgehead atoms. The van der Waals surface area contributed by atoms with Gasteiger partial charge in [0.15, 0.2) is 0 Å². The molecule has 18 heavy (non-hydrogen) atoms. The Kier molecular flexibility index (Phi) is 3.81. The summed E-state index contributed by atoms with van der Waals surface area (Å²) in [4.78, 5) is 0. The van der Waals surface area contributed by atoms with Gasteiger partial charge in [0.25, 0.3) is 0 Å². The molecule has 0 aliphatic heterocycles. The van der Waals surface area contributed by atoms with Crippen molar-refractivity contribution in [3.63, 3.8) is 0 Å². The standard InChI is InChI=1S/C13H21N5/c1-5-18-11(3)13(8-16-18)10(2)14-6-12-7-15-17(4)9-12/h7-10,14H,5-6H2,1-4H3. The van der Waals surface area contributed by atoms with Crippen LogP contribution in [0.1, 0.15) is 36.7 Å². The number of aryl methyl sites for hydroxylation is 2. The van der Waals surface area contributed by atoms with Gasteiger partial charge in [0.2, 0.25) is 0 Å². The third kappa shape index (κ3) is 2.61.